The molecule has 172 valence electrons. The molecule has 3 rings (SSSR count). The molecule has 0 amide bonds. The summed E-state index contributed by atoms with van der Waals surface area (Å²) in [6.07, 6.45) is 3.97. The Labute approximate surface area is 196 Å². The zero-order valence-corrected chi connectivity index (χ0v) is 19.8. The molecule has 0 bridgehead atoms. The van der Waals surface area contributed by atoms with Crippen molar-refractivity contribution in [1.29, 1.82) is 15.8 Å². The molecule has 0 aromatic heterocycles. The summed E-state index contributed by atoms with van der Waals surface area (Å²) in [7, 11) is 1.57. The highest BCUT2D eigenvalue weighted by molar-refractivity contribution is 5.60. The van der Waals surface area contributed by atoms with Gasteiger partial charge in [0.1, 0.15) is 6.07 Å². The quantitative estimate of drug-likeness (QED) is 0.630. The van der Waals surface area contributed by atoms with E-state index in [4.69, 9.17) is 15.2 Å². The van der Waals surface area contributed by atoms with Crippen LogP contribution in [0.4, 0.5) is 0 Å². The maximum Gasteiger partial charge on any atom is 0.191 e. The van der Waals surface area contributed by atoms with E-state index in [0.29, 0.717) is 31.2 Å². The van der Waals surface area contributed by atoms with Crippen LogP contribution in [0, 0.1) is 45.3 Å². The summed E-state index contributed by atoms with van der Waals surface area (Å²) in [6.45, 7) is 8.21. The summed E-state index contributed by atoms with van der Waals surface area (Å²) in [5.41, 5.74) is 6.61. The molecule has 0 unspecified atom stereocenters. The van der Waals surface area contributed by atoms with Crippen LogP contribution in [0.15, 0.2) is 41.1 Å². The first-order chi connectivity index (χ1) is 15.9. The Morgan fingerprint density at radius 1 is 1.21 bits per heavy atom. The molecule has 7 heteroatoms. The summed E-state index contributed by atoms with van der Waals surface area (Å²) in [5.74, 6) is 0.369. The lowest BCUT2D eigenvalue weighted by atomic mass is 9.58. The van der Waals surface area contributed by atoms with Crippen molar-refractivity contribution in [2.24, 2.45) is 17.1 Å². The van der Waals surface area contributed by atoms with Crippen molar-refractivity contribution in [1.82, 2.24) is 4.90 Å². The van der Waals surface area contributed by atoms with Gasteiger partial charge in [-0.15, -0.1) is 0 Å². The van der Waals surface area contributed by atoms with Crippen molar-refractivity contribution in [3.05, 3.63) is 46.7 Å². The van der Waals surface area contributed by atoms with E-state index in [2.05, 4.69) is 43.9 Å². The number of nitrogens with two attached hydrogens (primary N) is 1. The van der Waals surface area contributed by atoms with E-state index in [1.807, 2.05) is 24.3 Å². The number of methoxy groups -OCH3 is 1. The van der Waals surface area contributed by atoms with Gasteiger partial charge in [0, 0.05) is 31.0 Å². The highest BCUT2D eigenvalue weighted by atomic mass is 16.5. The number of ether oxygens (including phenoxy) is 2. The summed E-state index contributed by atoms with van der Waals surface area (Å²) in [6, 6.07) is 12.4. The third-order valence-corrected chi connectivity index (χ3v) is 6.73. The highest BCUT2D eigenvalue weighted by Gasteiger charge is 2.54. The zero-order valence-electron chi connectivity index (χ0n) is 19.8. The second-order valence-corrected chi connectivity index (χ2v) is 8.84. The molecular formula is C26H31N5O2. The Balaban J connectivity index is 2.19. The molecule has 1 heterocycles. The van der Waals surface area contributed by atoms with Gasteiger partial charge in [-0.3, -0.25) is 4.90 Å². The number of nitriles is 3. The summed E-state index contributed by atoms with van der Waals surface area (Å²) in [4.78, 5) is 2.27. The lowest BCUT2D eigenvalue weighted by Crippen LogP contribution is -2.49. The molecule has 1 aromatic rings. The van der Waals surface area contributed by atoms with E-state index in [1.54, 1.807) is 7.11 Å². The Morgan fingerprint density at radius 3 is 2.52 bits per heavy atom. The second kappa shape index (κ2) is 9.99. The molecule has 2 atom stereocenters. The first-order valence-corrected chi connectivity index (χ1v) is 11.4. The van der Waals surface area contributed by atoms with Gasteiger partial charge in [-0.1, -0.05) is 25.5 Å². The molecule has 1 aromatic carbocycles. The Kier molecular flexibility index (Phi) is 7.32. The molecular weight excluding hydrogens is 414 g/mol. The fourth-order valence-electron chi connectivity index (χ4n) is 4.82. The number of unbranched alkanes of at least 4 members (excludes halogenated alkanes) is 1. The fraction of sp³-hybridized carbons (Fsp3) is 0.500. The number of nitrogens with zero attached hydrogens (tertiary/aromatic N) is 4. The van der Waals surface area contributed by atoms with Crippen molar-refractivity contribution >= 4 is 0 Å². The van der Waals surface area contributed by atoms with Gasteiger partial charge in [0.15, 0.2) is 16.9 Å². The molecule has 2 N–H and O–H groups in total. The van der Waals surface area contributed by atoms with Gasteiger partial charge in [-0.2, -0.15) is 15.8 Å². The molecule has 7 nitrogen and oxygen atoms in total. The average Bonchev–Trinajstić information content (AvgIpc) is 2.83. The van der Waals surface area contributed by atoms with Crippen molar-refractivity contribution in [3.63, 3.8) is 0 Å². The molecule has 0 fully saturated rings. The standard InChI is InChI=1S/C26H31N5O2/c1-5-6-11-33-22-8-7-18(12-23(22)32-4)24-21-14-31(17(2)3)10-9-19(21)20(13-27)25(30)26(24,15-28)16-29/h7-9,12,17,21,24H,5-6,10-11,14,30H2,1-4H3/t21-,24+/m0/s1. The number of hydrogen-bond acceptors (Lipinski definition) is 7. The van der Waals surface area contributed by atoms with Crippen LogP contribution in [0.3, 0.4) is 0 Å². The van der Waals surface area contributed by atoms with Crippen LogP contribution in [0.5, 0.6) is 11.5 Å². The van der Waals surface area contributed by atoms with Gasteiger partial charge in [0.25, 0.3) is 0 Å². The van der Waals surface area contributed by atoms with E-state index in [0.717, 1.165) is 24.0 Å². The van der Waals surface area contributed by atoms with Crippen molar-refractivity contribution in [2.45, 2.75) is 45.6 Å². The van der Waals surface area contributed by atoms with Gasteiger partial charge in [-0.05, 0) is 43.5 Å². The molecule has 0 spiro atoms. The van der Waals surface area contributed by atoms with Gasteiger partial charge >= 0.3 is 0 Å². The molecule has 0 saturated carbocycles. The molecule has 0 saturated heterocycles. The normalized spacial score (nSPS) is 21.9. The van der Waals surface area contributed by atoms with Crippen LogP contribution < -0.4 is 15.2 Å². The molecule has 1 aliphatic carbocycles. The summed E-state index contributed by atoms with van der Waals surface area (Å²) < 4.78 is 11.5. The minimum Gasteiger partial charge on any atom is -0.493 e. The van der Waals surface area contributed by atoms with Crippen molar-refractivity contribution < 1.29 is 9.47 Å². The molecule has 2 aliphatic rings. The lowest BCUT2D eigenvalue weighted by Gasteiger charge is -2.46. The minimum atomic E-state index is -1.66. The number of hydrogen-bond donors (Lipinski definition) is 1. The predicted molar refractivity (Wildman–Crippen MR) is 125 cm³/mol. The maximum absolute atomic E-state index is 10.3. The topological polar surface area (TPSA) is 119 Å². The van der Waals surface area contributed by atoms with Crippen molar-refractivity contribution in [2.75, 3.05) is 26.8 Å². The van der Waals surface area contributed by atoms with Crippen LogP contribution in [0.1, 0.15) is 45.1 Å². The maximum atomic E-state index is 10.3. The predicted octanol–water partition coefficient (Wildman–Crippen LogP) is 4.01. The van der Waals surface area contributed by atoms with Gasteiger partial charge in [0.05, 0.1) is 37.1 Å². The highest BCUT2D eigenvalue weighted by Crippen LogP contribution is 2.55. The van der Waals surface area contributed by atoms with Crippen LogP contribution in [-0.4, -0.2) is 37.7 Å². The van der Waals surface area contributed by atoms with Crippen LogP contribution >= 0.6 is 0 Å². The van der Waals surface area contributed by atoms with E-state index in [1.165, 1.54) is 0 Å². The van der Waals surface area contributed by atoms with E-state index < -0.39 is 11.3 Å². The first kappa shape index (κ1) is 24.2. The van der Waals surface area contributed by atoms with E-state index in [9.17, 15) is 15.8 Å². The Morgan fingerprint density at radius 2 is 1.94 bits per heavy atom. The third-order valence-electron chi connectivity index (χ3n) is 6.73. The average molecular weight is 446 g/mol. The van der Waals surface area contributed by atoms with Gasteiger partial charge in [0.2, 0.25) is 0 Å². The third kappa shape index (κ3) is 4.15. The monoisotopic (exact) mass is 445 g/mol. The van der Waals surface area contributed by atoms with Gasteiger partial charge < -0.3 is 15.2 Å². The number of benzene rings is 1. The Hall–Kier alpha value is -3.47. The van der Waals surface area contributed by atoms with Crippen molar-refractivity contribution in [3.8, 4) is 29.7 Å². The van der Waals surface area contributed by atoms with E-state index in [-0.39, 0.29) is 23.2 Å². The van der Waals surface area contributed by atoms with Crippen LogP contribution in [-0.2, 0) is 0 Å². The zero-order chi connectivity index (χ0) is 24.2. The van der Waals surface area contributed by atoms with Gasteiger partial charge in [-0.25, -0.2) is 0 Å². The SMILES string of the molecule is CCCCOc1ccc([C@@H]2[C@H]3CN(C(C)C)CC=C3C(C#N)=C(N)C2(C#N)C#N)cc1OC. The van der Waals surface area contributed by atoms with Crippen LogP contribution in [0.25, 0.3) is 0 Å². The Bertz CT molecular complexity index is 1070. The number of rotatable bonds is 7. The van der Waals surface area contributed by atoms with Crippen LogP contribution in [0.2, 0.25) is 0 Å². The lowest BCUT2D eigenvalue weighted by molar-refractivity contribution is 0.174. The second-order valence-electron chi connectivity index (χ2n) is 8.84. The smallest absolute Gasteiger partial charge is 0.191 e. The summed E-state index contributed by atoms with van der Waals surface area (Å²) >= 11 is 0. The minimum absolute atomic E-state index is 0.0303. The molecule has 1 aliphatic heterocycles. The summed E-state index contributed by atoms with van der Waals surface area (Å²) in [5, 5.41) is 30.4. The first-order valence-electron chi connectivity index (χ1n) is 11.4. The largest absolute Gasteiger partial charge is 0.493 e. The number of allylic oxidation sites excluding steroid dienone is 2. The van der Waals surface area contributed by atoms with E-state index >= 15 is 0 Å². The fourth-order valence-corrected chi connectivity index (χ4v) is 4.82. The molecule has 0 radical (unpaired) electrons. The number of fused-ring (bicyclic) bond motifs is 1. The molecule has 33 heavy (non-hydrogen) atoms.